The van der Waals surface area contributed by atoms with E-state index in [1.165, 1.54) is 0 Å². The first-order valence-electron chi connectivity index (χ1n) is 4.90. The second-order valence-electron chi connectivity index (χ2n) is 3.57. The maximum absolute atomic E-state index is 11.7. The molecule has 2 saturated heterocycles. The van der Waals surface area contributed by atoms with Crippen LogP contribution in [0.4, 0.5) is 0 Å². The molecule has 0 aliphatic carbocycles. The summed E-state index contributed by atoms with van der Waals surface area (Å²) < 4.78 is 10.4. The third kappa shape index (κ3) is 2.09. The van der Waals surface area contributed by atoms with Crippen LogP contribution < -0.4 is 0 Å². The van der Waals surface area contributed by atoms with Gasteiger partial charge in [-0.3, -0.25) is 4.79 Å². The first kappa shape index (κ1) is 9.16. The van der Waals surface area contributed by atoms with Crippen LogP contribution in [0.15, 0.2) is 0 Å². The predicted octanol–water partition coefficient (Wildman–Crippen LogP) is 1.20. The molecule has 3 nitrogen and oxygen atoms in total. The van der Waals surface area contributed by atoms with Crippen molar-refractivity contribution in [1.29, 1.82) is 0 Å². The van der Waals surface area contributed by atoms with E-state index in [1.54, 1.807) is 0 Å². The van der Waals surface area contributed by atoms with Gasteiger partial charge in [-0.25, -0.2) is 0 Å². The van der Waals surface area contributed by atoms with Gasteiger partial charge in [0.05, 0.1) is 5.92 Å². The standard InChI is InChI=1S/C10H14O3/c11-10(9-4-2-6-13-9)8-3-1-5-12-7-8/h8-9H,1-6H2. The quantitative estimate of drug-likeness (QED) is 0.643. The number of ketones is 1. The van der Waals surface area contributed by atoms with E-state index < -0.39 is 0 Å². The predicted molar refractivity (Wildman–Crippen MR) is 45.9 cm³/mol. The molecule has 0 aromatic rings. The number of carbonyl (C=O) groups is 1. The van der Waals surface area contributed by atoms with E-state index in [9.17, 15) is 4.79 Å². The second kappa shape index (κ2) is 4.20. The van der Waals surface area contributed by atoms with Crippen LogP contribution in [0, 0.1) is 12.5 Å². The summed E-state index contributed by atoms with van der Waals surface area (Å²) in [4.78, 5) is 11.7. The summed E-state index contributed by atoms with van der Waals surface area (Å²) in [6, 6.07) is 0. The first-order chi connectivity index (χ1) is 6.38. The summed E-state index contributed by atoms with van der Waals surface area (Å²) in [6.45, 7) is 4.20. The van der Waals surface area contributed by atoms with Crippen molar-refractivity contribution in [3.63, 3.8) is 0 Å². The number of hydrogen-bond acceptors (Lipinski definition) is 3. The van der Waals surface area contributed by atoms with Gasteiger partial charge in [0.1, 0.15) is 12.7 Å². The zero-order valence-corrected chi connectivity index (χ0v) is 7.62. The van der Waals surface area contributed by atoms with Crippen LogP contribution in [-0.4, -0.2) is 25.1 Å². The molecule has 2 aliphatic heterocycles. The lowest BCUT2D eigenvalue weighted by Crippen LogP contribution is -2.30. The van der Waals surface area contributed by atoms with Crippen LogP contribution in [0.1, 0.15) is 25.7 Å². The van der Waals surface area contributed by atoms with Crippen molar-refractivity contribution in [2.45, 2.75) is 31.8 Å². The third-order valence-electron chi connectivity index (χ3n) is 2.56. The molecule has 0 bridgehead atoms. The van der Waals surface area contributed by atoms with Crippen molar-refractivity contribution in [3.8, 4) is 0 Å². The van der Waals surface area contributed by atoms with Crippen LogP contribution in [0.25, 0.3) is 0 Å². The van der Waals surface area contributed by atoms with Gasteiger partial charge in [0.15, 0.2) is 5.78 Å². The molecule has 72 valence electrons. The number of carbonyl (C=O) groups excluding carboxylic acids is 1. The van der Waals surface area contributed by atoms with Crippen LogP contribution in [0.3, 0.4) is 0 Å². The molecule has 0 saturated carbocycles. The van der Waals surface area contributed by atoms with Gasteiger partial charge < -0.3 is 9.47 Å². The fourth-order valence-electron chi connectivity index (χ4n) is 1.80. The van der Waals surface area contributed by atoms with E-state index in [4.69, 9.17) is 9.47 Å². The largest absolute Gasteiger partial charge is 0.370 e. The lowest BCUT2D eigenvalue weighted by molar-refractivity contribution is -0.133. The average molecular weight is 182 g/mol. The van der Waals surface area contributed by atoms with Crippen LogP contribution >= 0.6 is 0 Å². The molecule has 2 heterocycles. The molecule has 0 N–H and O–H groups in total. The van der Waals surface area contributed by atoms with Gasteiger partial charge >= 0.3 is 0 Å². The Balaban J connectivity index is 1.87. The molecule has 2 radical (unpaired) electrons. The Kier molecular flexibility index (Phi) is 2.96. The number of ether oxygens (including phenoxy) is 2. The number of Topliss-reactive ketones (excluding diaryl/α,β-unsaturated/α-hetero) is 1. The molecule has 3 heteroatoms. The van der Waals surface area contributed by atoms with Crippen molar-refractivity contribution in [1.82, 2.24) is 0 Å². The lowest BCUT2D eigenvalue weighted by atomic mass is 9.93. The van der Waals surface area contributed by atoms with E-state index in [1.807, 2.05) is 0 Å². The van der Waals surface area contributed by atoms with E-state index in [-0.39, 0.29) is 17.8 Å². The first-order valence-corrected chi connectivity index (χ1v) is 4.90. The third-order valence-corrected chi connectivity index (χ3v) is 2.56. The van der Waals surface area contributed by atoms with Crippen molar-refractivity contribution >= 4 is 5.78 Å². The van der Waals surface area contributed by atoms with Gasteiger partial charge in [-0.2, -0.15) is 0 Å². The summed E-state index contributed by atoms with van der Waals surface area (Å²) in [5, 5.41) is 0. The topological polar surface area (TPSA) is 35.5 Å². The maximum Gasteiger partial charge on any atom is 0.167 e. The molecule has 0 amide bonds. The Labute approximate surface area is 78.4 Å². The highest BCUT2D eigenvalue weighted by molar-refractivity contribution is 5.86. The van der Waals surface area contributed by atoms with Gasteiger partial charge in [-0.15, -0.1) is 0 Å². The average Bonchev–Trinajstić information content (AvgIpc) is 2.71. The monoisotopic (exact) mass is 182 g/mol. The summed E-state index contributed by atoms with van der Waals surface area (Å²) in [6.07, 6.45) is 3.52. The zero-order valence-electron chi connectivity index (χ0n) is 7.62. The number of rotatable bonds is 2. The normalized spacial score (nSPS) is 34.8. The fourth-order valence-corrected chi connectivity index (χ4v) is 1.80. The molecule has 2 unspecified atom stereocenters. The van der Waals surface area contributed by atoms with E-state index in [0.717, 1.165) is 32.3 Å². The SMILES string of the molecule is O=C(C1[C]OCCC1)C1CCCO1. The van der Waals surface area contributed by atoms with Crippen molar-refractivity contribution in [3.05, 3.63) is 6.61 Å². The molecule has 2 aliphatic rings. The smallest absolute Gasteiger partial charge is 0.167 e. The molecule has 0 aromatic heterocycles. The van der Waals surface area contributed by atoms with E-state index in [0.29, 0.717) is 6.61 Å². The molecular weight excluding hydrogens is 168 g/mol. The lowest BCUT2D eigenvalue weighted by Gasteiger charge is -2.21. The summed E-state index contributed by atoms with van der Waals surface area (Å²) in [5.74, 6) is 0.0223. The van der Waals surface area contributed by atoms with Crippen molar-refractivity contribution < 1.29 is 14.3 Å². The van der Waals surface area contributed by atoms with Gasteiger partial charge in [0.25, 0.3) is 0 Å². The molecule has 0 aromatic carbocycles. The highest BCUT2D eigenvalue weighted by Crippen LogP contribution is 2.24. The minimum absolute atomic E-state index is 0.142. The number of hydrogen-bond donors (Lipinski definition) is 0. The van der Waals surface area contributed by atoms with Gasteiger partial charge in [0, 0.05) is 13.2 Å². The molecule has 2 rings (SSSR count). The van der Waals surface area contributed by atoms with Crippen molar-refractivity contribution in [2.24, 2.45) is 5.92 Å². The Morgan fingerprint density at radius 3 is 2.69 bits per heavy atom. The Hall–Kier alpha value is -0.410. The Bertz CT molecular complexity index is 179. The minimum atomic E-state index is -0.181. The molecule has 0 spiro atoms. The molecule has 2 atom stereocenters. The Morgan fingerprint density at radius 2 is 2.08 bits per heavy atom. The van der Waals surface area contributed by atoms with Gasteiger partial charge in [-0.1, -0.05) is 0 Å². The highest BCUT2D eigenvalue weighted by atomic mass is 16.5. The van der Waals surface area contributed by atoms with E-state index >= 15 is 0 Å². The second-order valence-corrected chi connectivity index (χ2v) is 3.57. The fraction of sp³-hybridized carbons (Fsp3) is 0.800. The van der Waals surface area contributed by atoms with Gasteiger partial charge in [-0.05, 0) is 25.7 Å². The minimum Gasteiger partial charge on any atom is -0.370 e. The summed E-state index contributed by atoms with van der Waals surface area (Å²) in [7, 11) is 0. The molecular formula is C10H14O3. The highest BCUT2D eigenvalue weighted by Gasteiger charge is 2.32. The zero-order chi connectivity index (χ0) is 9.10. The summed E-state index contributed by atoms with van der Waals surface area (Å²) in [5.41, 5.74) is 0. The van der Waals surface area contributed by atoms with Crippen molar-refractivity contribution in [2.75, 3.05) is 13.2 Å². The van der Waals surface area contributed by atoms with Crippen LogP contribution in [0.5, 0.6) is 0 Å². The summed E-state index contributed by atoms with van der Waals surface area (Å²) >= 11 is 0. The maximum atomic E-state index is 11.7. The van der Waals surface area contributed by atoms with E-state index in [2.05, 4.69) is 6.61 Å². The van der Waals surface area contributed by atoms with Gasteiger partial charge in [0.2, 0.25) is 0 Å². The van der Waals surface area contributed by atoms with Crippen LogP contribution in [-0.2, 0) is 14.3 Å². The van der Waals surface area contributed by atoms with Crippen LogP contribution in [0.2, 0.25) is 0 Å². The Morgan fingerprint density at radius 1 is 1.23 bits per heavy atom. The molecule has 2 fully saturated rings. The molecule has 13 heavy (non-hydrogen) atoms.